The van der Waals surface area contributed by atoms with Gasteiger partial charge in [0.15, 0.2) is 0 Å². The molecule has 2 unspecified atom stereocenters. The number of hydrogen-bond acceptors (Lipinski definition) is 7. The number of rotatable bonds is 8. The van der Waals surface area contributed by atoms with E-state index < -0.39 is 6.04 Å². The van der Waals surface area contributed by atoms with Gasteiger partial charge in [0.25, 0.3) is 5.91 Å². The van der Waals surface area contributed by atoms with Crippen molar-refractivity contribution in [3.05, 3.63) is 82.8 Å². The number of nitrogens with one attached hydrogen (secondary N) is 3. The first-order valence-electron chi connectivity index (χ1n) is 12.0. The van der Waals surface area contributed by atoms with Gasteiger partial charge in [0, 0.05) is 23.9 Å². The Hall–Kier alpha value is -4.44. The third-order valence-corrected chi connectivity index (χ3v) is 6.79. The van der Waals surface area contributed by atoms with E-state index in [1.54, 1.807) is 37.4 Å². The predicted molar refractivity (Wildman–Crippen MR) is 143 cm³/mol. The molecule has 2 amide bonds. The van der Waals surface area contributed by atoms with E-state index in [4.69, 9.17) is 16.3 Å². The number of anilines is 2. The number of benzene rings is 2. The number of aromatic nitrogens is 4. The minimum Gasteiger partial charge on any atom is -0.497 e. The topological polar surface area (TPSA) is 125 Å². The Labute approximate surface area is 224 Å². The molecule has 4 aromatic rings. The molecule has 3 heterocycles. The fourth-order valence-corrected chi connectivity index (χ4v) is 4.53. The van der Waals surface area contributed by atoms with Gasteiger partial charge in [-0.25, -0.2) is 9.97 Å². The van der Waals surface area contributed by atoms with Crippen LogP contribution >= 0.6 is 11.6 Å². The van der Waals surface area contributed by atoms with E-state index in [0.717, 1.165) is 11.1 Å². The van der Waals surface area contributed by atoms with E-state index in [1.807, 2.05) is 43.3 Å². The third-order valence-electron chi connectivity index (χ3n) is 6.51. The highest BCUT2D eigenvalue weighted by Crippen LogP contribution is 2.32. The molecule has 0 bridgehead atoms. The summed E-state index contributed by atoms with van der Waals surface area (Å²) in [4.78, 5) is 36.8. The number of fused-ring (bicyclic) bond motifs is 1. The molecule has 2 aromatic carbocycles. The first-order chi connectivity index (χ1) is 18.3. The third kappa shape index (κ3) is 5.03. The van der Waals surface area contributed by atoms with Gasteiger partial charge in [-0.1, -0.05) is 35.9 Å². The lowest BCUT2D eigenvalue weighted by Crippen LogP contribution is -2.45. The molecule has 3 N–H and O–H groups in total. The highest BCUT2D eigenvalue weighted by atomic mass is 35.5. The van der Waals surface area contributed by atoms with E-state index in [0.29, 0.717) is 45.8 Å². The number of aromatic amines is 1. The standard InChI is InChI=1S/C27H26ClN7O3/c1-15(17-5-4-6-21(9-17)38-3)32-25(36)16(2)35-14-19-8-7-18(10-22(19)26(35)37)24-23(28)13-29-27(34-24)33-20-11-30-31-12-20/h4-13,15-16H,14H2,1-3H3,(H,30,31)(H,32,36)(H,29,33,34). The van der Waals surface area contributed by atoms with Crippen molar-refractivity contribution in [1.29, 1.82) is 0 Å². The van der Waals surface area contributed by atoms with Gasteiger partial charge in [-0.2, -0.15) is 5.10 Å². The van der Waals surface area contributed by atoms with Crippen molar-refractivity contribution >= 4 is 35.1 Å². The quantitative estimate of drug-likeness (QED) is 0.306. The molecule has 11 heteroatoms. The molecule has 0 saturated carbocycles. The number of carbonyl (C=O) groups excluding carboxylic acids is 2. The minimum absolute atomic E-state index is 0.222. The maximum atomic E-state index is 13.4. The van der Waals surface area contributed by atoms with Crippen LogP contribution in [-0.2, 0) is 11.3 Å². The van der Waals surface area contributed by atoms with Gasteiger partial charge in [-0.3, -0.25) is 14.7 Å². The van der Waals surface area contributed by atoms with Gasteiger partial charge < -0.3 is 20.3 Å². The van der Waals surface area contributed by atoms with Gasteiger partial charge in [0.1, 0.15) is 11.8 Å². The van der Waals surface area contributed by atoms with Crippen LogP contribution in [0.25, 0.3) is 11.3 Å². The second kappa shape index (κ2) is 10.5. The number of amides is 2. The minimum atomic E-state index is -0.667. The van der Waals surface area contributed by atoms with Gasteiger partial charge in [-0.15, -0.1) is 0 Å². The van der Waals surface area contributed by atoms with Crippen LogP contribution in [0.5, 0.6) is 5.75 Å². The number of hydrogen-bond donors (Lipinski definition) is 3. The molecule has 194 valence electrons. The van der Waals surface area contributed by atoms with Crippen molar-refractivity contribution in [1.82, 2.24) is 30.4 Å². The average Bonchev–Trinajstić information content (AvgIpc) is 3.56. The van der Waals surface area contributed by atoms with Crippen LogP contribution in [0.2, 0.25) is 5.02 Å². The Morgan fingerprint density at radius 2 is 2.03 bits per heavy atom. The molecule has 1 aliphatic heterocycles. The molecule has 0 radical (unpaired) electrons. The molecular formula is C27H26ClN7O3. The normalized spacial score (nSPS) is 14.1. The van der Waals surface area contributed by atoms with Gasteiger partial charge in [0.05, 0.1) is 41.9 Å². The lowest BCUT2D eigenvalue weighted by molar-refractivity contribution is -0.125. The molecule has 2 atom stereocenters. The van der Waals surface area contributed by atoms with Gasteiger partial charge in [-0.05, 0) is 43.2 Å². The average molecular weight is 532 g/mol. The number of methoxy groups -OCH3 is 1. The Bertz CT molecular complexity index is 1490. The molecule has 0 aliphatic carbocycles. The Morgan fingerprint density at radius 1 is 1.18 bits per heavy atom. The molecule has 2 aromatic heterocycles. The summed E-state index contributed by atoms with van der Waals surface area (Å²) in [6, 6.07) is 12.1. The molecule has 0 fully saturated rings. The van der Waals surface area contributed by atoms with Crippen LogP contribution in [0, 0.1) is 0 Å². The number of ether oxygens (including phenoxy) is 1. The summed E-state index contributed by atoms with van der Waals surface area (Å²) in [5.74, 6) is 0.594. The van der Waals surface area contributed by atoms with Gasteiger partial charge >= 0.3 is 0 Å². The van der Waals surface area contributed by atoms with Crippen molar-refractivity contribution in [2.45, 2.75) is 32.5 Å². The Morgan fingerprint density at radius 3 is 2.79 bits per heavy atom. The van der Waals surface area contributed by atoms with E-state index in [1.165, 1.54) is 6.20 Å². The molecular weight excluding hydrogens is 506 g/mol. The Kier molecular flexibility index (Phi) is 6.97. The molecule has 0 saturated heterocycles. The summed E-state index contributed by atoms with van der Waals surface area (Å²) in [6.45, 7) is 3.96. The van der Waals surface area contributed by atoms with E-state index in [9.17, 15) is 9.59 Å². The smallest absolute Gasteiger partial charge is 0.255 e. The molecule has 0 spiro atoms. The van der Waals surface area contributed by atoms with Crippen molar-refractivity contribution in [3.63, 3.8) is 0 Å². The monoisotopic (exact) mass is 531 g/mol. The fourth-order valence-electron chi connectivity index (χ4n) is 4.33. The second-order valence-corrected chi connectivity index (χ2v) is 9.40. The summed E-state index contributed by atoms with van der Waals surface area (Å²) in [5, 5.41) is 13.0. The first-order valence-corrected chi connectivity index (χ1v) is 12.4. The predicted octanol–water partition coefficient (Wildman–Crippen LogP) is 4.49. The fraction of sp³-hybridized carbons (Fsp3) is 0.222. The van der Waals surface area contributed by atoms with Crippen LogP contribution in [0.3, 0.4) is 0 Å². The number of H-pyrrole nitrogens is 1. The first kappa shape index (κ1) is 25.2. The van der Waals surface area contributed by atoms with Crippen LogP contribution in [-0.4, -0.2) is 50.0 Å². The zero-order valence-electron chi connectivity index (χ0n) is 21.0. The SMILES string of the molecule is COc1cccc(C(C)NC(=O)C(C)N2Cc3ccc(-c4nc(Nc5cn[nH]c5)ncc4Cl)cc3C2=O)c1. The lowest BCUT2D eigenvalue weighted by atomic mass is 10.0. The van der Waals surface area contributed by atoms with Crippen molar-refractivity contribution in [2.75, 3.05) is 12.4 Å². The summed E-state index contributed by atoms with van der Waals surface area (Å²) >= 11 is 6.41. The van der Waals surface area contributed by atoms with E-state index >= 15 is 0 Å². The maximum Gasteiger partial charge on any atom is 0.255 e. The van der Waals surface area contributed by atoms with Crippen molar-refractivity contribution in [2.24, 2.45) is 0 Å². The highest BCUT2D eigenvalue weighted by Gasteiger charge is 2.34. The molecule has 1 aliphatic rings. The largest absolute Gasteiger partial charge is 0.497 e. The lowest BCUT2D eigenvalue weighted by Gasteiger charge is -2.25. The maximum absolute atomic E-state index is 13.4. The summed E-state index contributed by atoms with van der Waals surface area (Å²) in [7, 11) is 1.60. The zero-order chi connectivity index (χ0) is 26.8. The molecule has 10 nitrogen and oxygen atoms in total. The summed E-state index contributed by atoms with van der Waals surface area (Å²) < 4.78 is 5.28. The number of nitrogens with zero attached hydrogens (tertiary/aromatic N) is 4. The molecule has 38 heavy (non-hydrogen) atoms. The van der Waals surface area contributed by atoms with Crippen molar-refractivity contribution in [3.8, 4) is 17.0 Å². The van der Waals surface area contributed by atoms with Crippen LogP contribution in [0.4, 0.5) is 11.6 Å². The Balaban J connectivity index is 1.32. The number of carbonyl (C=O) groups is 2. The van der Waals surface area contributed by atoms with Crippen molar-refractivity contribution < 1.29 is 14.3 Å². The second-order valence-electron chi connectivity index (χ2n) is 8.99. The van der Waals surface area contributed by atoms with Crippen LogP contribution < -0.4 is 15.4 Å². The summed E-state index contributed by atoms with van der Waals surface area (Å²) in [5.41, 5.74) is 4.12. The zero-order valence-corrected chi connectivity index (χ0v) is 21.8. The van der Waals surface area contributed by atoms with E-state index in [2.05, 4.69) is 30.8 Å². The van der Waals surface area contributed by atoms with Crippen LogP contribution in [0.1, 0.15) is 41.4 Å². The highest BCUT2D eigenvalue weighted by molar-refractivity contribution is 6.33. The summed E-state index contributed by atoms with van der Waals surface area (Å²) in [6.07, 6.45) is 4.79. The molecule has 5 rings (SSSR count). The number of halogens is 1. The van der Waals surface area contributed by atoms with Crippen LogP contribution in [0.15, 0.2) is 61.1 Å². The van der Waals surface area contributed by atoms with Gasteiger partial charge in [0.2, 0.25) is 11.9 Å². The van der Waals surface area contributed by atoms with E-state index in [-0.39, 0.29) is 17.9 Å².